The smallest absolute Gasteiger partial charge is 0.224 e. The number of anilines is 1. The molecule has 1 aromatic rings. The Morgan fingerprint density at radius 2 is 2.14 bits per heavy atom. The second kappa shape index (κ2) is 2.79. The quantitative estimate of drug-likeness (QED) is 0.666. The monoisotopic (exact) mass is 213 g/mol. The van der Waals surface area contributed by atoms with E-state index in [0.29, 0.717) is 5.82 Å². The van der Waals surface area contributed by atoms with Crippen LogP contribution in [0, 0.1) is 17.7 Å². The molecule has 1 aliphatic carbocycles. The Morgan fingerprint density at radius 1 is 1.43 bits per heavy atom. The van der Waals surface area contributed by atoms with Crippen LogP contribution >= 0.6 is 11.6 Å². The van der Waals surface area contributed by atoms with E-state index in [0.717, 1.165) is 31.1 Å². The van der Waals surface area contributed by atoms with Crippen LogP contribution in [0.5, 0.6) is 0 Å². The van der Waals surface area contributed by atoms with Crippen LogP contribution in [0.2, 0.25) is 5.28 Å². The third-order valence-corrected chi connectivity index (χ3v) is 3.16. The van der Waals surface area contributed by atoms with Crippen LogP contribution in [-0.2, 0) is 0 Å². The standard InChI is InChI=1S/C9H9ClFN3/c10-9-12-2-7(11)8(13-9)14-3-5-1-6(5)4-14/h2,5-6H,1,3-4H2. The molecule has 2 aliphatic rings. The van der Waals surface area contributed by atoms with Crippen molar-refractivity contribution < 1.29 is 4.39 Å². The SMILES string of the molecule is Fc1cnc(Cl)nc1N1CC2CC2C1. The summed E-state index contributed by atoms with van der Waals surface area (Å²) in [5.41, 5.74) is 0. The van der Waals surface area contributed by atoms with E-state index in [4.69, 9.17) is 11.6 Å². The van der Waals surface area contributed by atoms with Crippen LogP contribution in [0.1, 0.15) is 6.42 Å². The van der Waals surface area contributed by atoms with Crippen molar-refractivity contribution in [3.63, 3.8) is 0 Å². The van der Waals surface area contributed by atoms with Crippen molar-refractivity contribution in [1.82, 2.24) is 9.97 Å². The number of fused-ring (bicyclic) bond motifs is 1. The number of hydrogen-bond acceptors (Lipinski definition) is 3. The lowest BCUT2D eigenvalue weighted by molar-refractivity contribution is 0.603. The molecule has 0 N–H and O–H groups in total. The van der Waals surface area contributed by atoms with Gasteiger partial charge in [0, 0.05) is 13.1 Å². The maximum absolute atomic E-state index is 13.3. The van der Waals surface area contributed by atoms with E-state index >= 15 is 0 Å². The summed E-state index contributed by atoms with van der Waals surface area (Å²) >= 11 is 5.63. The van der Waals surface area contributed by atoms with Crippen LogP contribution in [0.3, 0.4) is 0 Å². The Morgan fingerprint density at radius 3 is 2.86 bits per heavy atom. The number of piperidine rings is 1. The molecule has 2 heterocycles. The van der Waals surface area contributed by atoms with Crippen LogP contribution in [0.4, 0.5) is 10.2 Å². The third kappa shape index (κ3) is 1.25. The predicted octanol–water partition coefficient (Wildman–Crippen LogP) is 1.73. The minimum Gasteiger partial charge on any atom is -0.353 e. The van der Waals surface area contributed by atoms with Gasteiger partial charge in [0.2, 0.25) is 5.28 Å². The molecule has 3 rings (SSSR count). The Bertz CT molecular complexity index is 374. The van der Waals surface area contributed by atoms with Gasteiger partial charge in [-0.3, -0.25) is 0 Å². The molecule has 1 aliphatic heterocycles. The Kier molecular flexibility index (Phi) is 1.68. The van der Waals surface area contributed by atoms with Gasteiger partial charge in [-0.15, -0.1) is 0 Å². The Hall–Kier alpha value is -0.900. The van der Waals surface area contributed by atoms with E-state index in [9.17, 15) is 4.39 Å². The molecule has 0 amide bonds. The highest BCUT2D eigenvalue weighted by molar-refractivity contribution is 6.28. The molecule has 2 fully saturated rings. The van der Waals surface area contributed by atoms with Crippen LogP contribution in [-0.4, -0.2) is 23.1 Å². The van der Waals surface area contributed by atoms with Gasteiger partial charge in [-0.25, -0.2) is 9.37 Å². The normalized spacial score (nSPS) is 29.1. The first-order chi connectivity index (χ1) is 6.74. The summed E-state index contributed by atoms with van der Waals surface area (Å²) in [6.07, 6.45) is 2.42. The van der Waals surface area contributed by atoms with Crippen molar-refractivity contribution >= 4 is 17.4 Å². The highest BCUT2D eigenvalue weighted by Crippen LogP contribution is 2.46. The summed E-state index contributed by atoms with van der Waals surface area (Å²) in [5, 5.41) is 0.113. The fourth-order valence-corrected chi connectivity index (χ4v) is 2.26. The van der Waals surface area contributed by atoms with Crippen LogP contribution < -0.4 is 4.90 Å². The molecule has 0 spiro atoms. The molecule has 0 radical (unpaired) electrons. The molecule has 0 aromatic carbocycles. The van der Waals surface area contributed by atoms with Gasteiger partial charge in [0.1, 0.15) is 0 Å². The predicted molar refractivity (Wildman–Crippen MR) is 50.8 cm³/mol. The van der Waals surface area contributed by atoms with E-state index in [-0.39, 0.29) is 11.1 Å². The van der Waals surface area contributed by atoms with Crippen molar-refractivity contribution in [3.05, 3.63) is 17.3 Å². The highest BCUT2D eigenvalue weighted by Gasteiger charge is 2.46. The molecule has 1 aromatic heterocycles. The third-order valence-electron chi connectivity index (χ3n) is 2.97. The van der Waals surface area contributed by atoms with Crippen molar-refractivity contribution in [1.29, 1.82) is 0 Å². The first-order valence-electron chi connectivity index (χ1n) is 4.67. The van der Waals surface area contributed by atoms with Gasteiger partial charge in [-0.2, -0.15) is 4.98 Å². The molecule has 5 heteroatoms. The fraction of sp³-hybridized carbons (Fsp3) is 0.556. The molecular weight excluding hydrogens is 205 g/mol. The van der Waals surface area contributed by atoms with Crippen molar-refractivity contribution in [2.45, 2.75) is 6.42 Å². The van der Waals surface area contributed by atoms with E-state index in [1.807, 2.05) is 4.90 Å². The molecular formula is C9H9ClFN3. The lowest BCUT2D eigenvalue weighted by atomic mass is 10.4. The number of aromatic nitrogens is 2. The van der Waals surface area contributed by atoms with Gasteiger partial charge in [0.25, 0.3) is 0 Å². The average Bonchev–Trinajstić information content (AvgIpc) is 2.78. The summed E-state index contributed by atoms with van der Waals surface area (Å²) in [4.78, 5) is 9.47. The average molecular weight is 214 g/mol. The number of hydrogen-bond donors (Lipinski definition) is 0. The molecule has 14 heavy (non-hydrogen) atoms. The van der Waals surface area contributed by atoms with Gasteiger partial charge >= 0.3 is 0 Å². The molecule has 1 saturated carbocycles. The zero-order valence-corrected chi connectivity index (χ0v) is 8.21. The molecule has 1 saturated heterocycles. The zero-order chi connectivity index (χ0) is 9.71. The summed E-state index contributed by atoms with van der Waals surface area (Å²) in [5.74, 6) is 1.49. The number of rotatable bonds is 1. The van der Waals surface area contributed by atoms with Gasteiger partial charge in [-0.1, -0.05) is 0 Å². The molecule has 0 bridgehead atoms. The zero-order valence-electron chi connectivity index (χ0n) is 7.45. The summed E-state index contributed by atoms with van der Waals surface area (Å²) in [7, 11) is 0. The number of nitrogens with zero attached hydrogens (tertiary/aromatic N) is 3. The van der Waals surface area contributed by atoms with Crippen molar-refractivity contribution in [3.8, 4) is 0 Å². The van der Waals surface area contributed by atoms with Gasteiger partial charge in [0.05, 0.1) is 6.20 Å². The maximum Gasteiger partial charge on any atom is 0.224 e. The minimum atomic E-state index is -0.379. The largest absolute Gasteiger partial charge is 0.353 e. The number of halogens is 2. The highest BCUT2D eigenvalue weighted by atomic mass is 35.5. The van der Waals surface area contributed by atoms with Gasteiger partial charge in [0.15, 0.2) is 11.6 Å². The molecule has 3 nitrogen and oxygen atoms in total. The van der Waals surface area contributed by atoms with Crippen molar-refractivity contribution in [2.75, 3.05) is 18.0 Å². The first kappa shape index (κ1) is 8.41. The fourth-order valence-electron chi connectivity index (χ4n) is 2.13. The molecule has 2 unspecified atom stereocenters. The van der Waals surface area contributed by atoms with Crippen LogP contribution in [0.15, 0.2) is 6.20 Å². The molecule has 74 valence electrons. The summed E-state index contributed by atoms with van der Waals surface area (Å²) < 4.78 is 13.3. The molecule has 2 atom stereocenters. The topological polar surface area (TPSA) is 29.0 Å². The Balaban J connectivity index is 1.91. The van der Waals surface area contributed by atoms with Crippen molar-refractivity contribution in [2.24, 2.45) is 11.8 Å². The first-order valence-corrected chi connectivity index (χ1v) is 5.05. The van der Waals surface area contributed by atoms with Gasteiger partial charge in [-0.05, 0) is 29.9 Å². The lowest BCUT2D eigenvalue weighted by Gasteiger charge is -2.18. The summed E-state index contributed by atoms with van der Waals surface area (Å²) in [6, 6.07) is 0. The maximum atomic E-state index is 13.3. The van der Waals surface area contributed by atoms with Gasteiger partial charge < -0.3 is 4.90 Å². The van der Waals surface area contributed by atoms with E-state index < -0.39 is 0 Å². The lowest BCUT2D eigenvalue weighted by Crippen LogP contribution is -2.24. The van der Waals surface area contributed by atoms with Crippen LogP contribution in [0.25, 0.3) is 0 Å². The van der Waals surface area contributed by atoms with E-state index in [1.54, 1.807) is 0 Å². The van der Waals surface area contributed by atoms with E-state index in [1.165, 1.54) is 6.42 Å². The van der Waals surface area contributed by atoms with E-state index in [2.05, 4.69) is 9.97 Å². The second-order valence-electron chi connectivity index (χ2n) is 3.97. The Labute approximate surface area is 85.9 Å². The minimum absolute atomic E-state index is 0.113. The second-order valence-corrected chi connectivity index (χ2v) is 4.31. The summed E-state index contributed by atoms with van der Waals surface area (Å²) in [6.45, 7) is 1.82.